The average molecular weight is 248 g/mol. The SMILES string of the molecule is CC(C)(C)C(=O)Cc1ccccc1C(=O)C(=O)O. The van der Waals surface area contributed by atoms with Crippen molar-refractivity contribution in [3.63, 3.8) is 0 Å². The first-order valence-electron chi connectivity index (χ1n) is 5.62. The average Bonchev–Trinajstić information content (AvgIpc) is 2.27. The standard InChI is InChI=1S/C14H16O4/c1-14(2,3)11(15)8-9-6-4-5-7-10(9)12(16)13(17)18/h4-7H,8H2,1-3H3,(H,17,18). The van der Waals surface area contributed by atoms with E-state index in [2.05, 4.69) is 0 Å². The maximum Gasteiger partial charge on any atom is 0.377 e. The second kappa shape index (κ2) is 5.12. The highest BCUT2D eigenvalue weighted by Crippen LogP contribution is 2.20. The summed E-state index contributed by atoms with van der Waals surface area (Å²) in [7, 11) is 0. The van der Waals surface area contributed by atoms with E-state index in [0.717, 1.165) is 0 Å². The van der Waals surface area contributed by atoms with Gasteiger partial charge in [-0.3, -0.25) is 9.59 Å². The Morgan fingerprint density at radius 2 is 1.67 bits per heavy atom. The Balaban J connectivity index is 3.08. The molecular weight excluding hydrogens is 232 g/mol. The van der Waals surface area contributed by atoms with E-state index in [1.807, 2.05) is 0 Å². The zero-order valence-corrected chi connectivity index (χ0v) is 10.7. The summed E-state index contributed by atoms with van der Waals surface area (Å²) in [6.07, 6.45) is 0.0681. The van der Waals surface area contributed by atoms with Crippen LogP contribution in [0.2, 0.25) is 0 Å². The molecule has 0 saturated heterocycles. The summed E-state index contributed by atoms with van der Waals surface area (Å²) in [4.78, 5) is 34.1. The van der Waals surface area contributed by atoms with Gasteiger partial charge in [-0.15, -0.1) is 0 Å². The zero-order chi connectivity index (χ0) is 13.9. The van der Waals surface area contributed by atoms with Crippen molar-refractivity contribution in [3.05, 3.63) is 35.4 Å². The predicted molar refractivity (Wildman–Crippen MR) is 66.6 cm³/mol. The van der Waals surface area contributed by atoms with Gasteiger partial charge in [0.15, 0.2) is 0 Å². The van der Waals surface area contributed by atoms with Crippen LogP contribution in [-0.2, 0) is 16.0 Å². The minimum absolute atomic E-state index is 0.0341. The van der Waals surface area contributed by atoms with E-state index < -0.39 is 17.2 Å². The van der Waals surface area contributed by atoms with E-state index in [1.165, 1.54) is 6.07 Å². The Morgan fingerprint density at radius 1 is 1.11 bits per heavy atom. The molecule has 4 nitrogen and oxygen atoms in total. The maximum atomic E-state index is 11.9. The molecule has 0 unspecified atom stereocenters. The van der Waals surface area contributed by atoms with Gasteiger partial charge in [0.2, 0.25) is 0 Å². The van der Waals surface area contributed by atoms with Crippen molar-refractivity contribution in [2.24, 2.45) is 5.41 Å². The number of aliphatic carboxylic acids is 1. The third kappa shape index (κ3) is 3.26. The fourth-order valence-electron chi connectivity index (χ4n) is 1.45. The van der Waals surface area contributed by atoms with Crippen molar-refractivity contribution in [2.45, 2.75) is 27.2 Å². The normalized spacial score (nSPS) is 11.1. The molecule has 0 aliphatic heterocycles. The summed E-state index contributed by atoms with van der Waals surface area (Å²) >= 11 is 0. The van der Waals surface area contributed by atoms with E-state index in [1.54, 1.807) is 39.0 Å². The highest BCUT2D eigenvalue weighted by Gasteiger charge is 2.24. The quantitative estimate of drug-likeness (QED) is 0.654. The molecule has 4 heteroatoms. The van der Waals surface area contributed by atoms with E-state index in [9.17, 15) is 14.4 Å². The molecule has 1 aromatic rings. The van der Waals surface area contributed by atoms with Crippen LogP contribution < -0.4 is 0 Å². The minimum Gasteiger partial charge on any atom is -0.475 e. The van der Waals surface area contributed by atoms with Crippen LogP contribution in [0.4, 0.5) is 0 Å². The fourth-order valence-corrected chi connectivity index (χ4v) is 1.45. The number of Topliss-reactive ketones (excluding diaryl/α,β-unsaturated/α-hetero) is 2. The molecule has 18 heavy (non-hydrogen) atoms. The summed E-state index contributed by atoms with van der Waals surface area (Å²) < 4.78 is 0. The lowest BCUT2D eigenvalue weighted by molar-refractivity contribution is -0.132. The van der Waals surface area contributed by atoms with Crippen LogP contribution in [0.25, 0.3) is 0 Å². The van der Waals surface area contributed by atoms with Crippen LogP contribution in [0.1, 0.15) is 36.7 Å². The highest BCUT2D eigenvalue weighted by molar-refractivity contribution is 6.40. The van der Waals surface area contributed by atoms with Gasteiger partial charge in [0.05, 0.1) is 0 Å². The Kier molecular flexibility index (Phi) is 4.01. The number of hydrogen-bond acceptors (Lipinski definition) is 3. The molecule has 0 radical (unpaired) electrons. The molecule has 0 bridgehead atoms. The number of carbonyl (C=O) groups is 3. The van der Waals surface area contributed by atoms with Crippen LogP contribution in [0, 0.1) is 5.41 Å². The minimum atomic E-state index is -1.51. The van der Waals surface area contributed by atoms with Gasteiger partial charge in [0.25, 0.3) is 5.78 Å². The van der Waals surface area contributed by atoms with Crippen molar-refractivity contribution in [3.8, 4) is 0 Å². The molecule has 1 N–H and O–H groups in total. The largest absolute Gasteiger partial charge is 0.475 e. The Morgan fingerprint density at radius 3 is 2.17 bits per heavy atom. The molecule has 0 aliphatic carbocycles. The van der Waals surface area contributed by atoms with Crippen LogP contribution in [0.3, 0.4) is 0 Å². The number of ketones is 2. The lowest BCUT2D eigenvalue weighted by atomic mass is 9.85. The second-order valence-electron chi connectivity index (χ2n) is 5.14. The number of hydrogen-bond donors (Lipinski definition) is 1. The van der Waals surface area contributed by atoms with Crippen molar-refractivity contribution >= 4 is 17.5 Å². The smallest absolute Gasteiger partial charge is 0.377 e. The molecule has 0 amide bonds. The lowest BCUT2D eigenvalue weighted by Crippen LogP contribution is -2.24. The molecule has 0 fully saturated rings. The van der Waals surface area contributed by atoms with E-state index in [0.29, 0.717) is 5.56 Å². The third-order valence-corrected chi connectivity index (χ3v) is 2.64. The summed E-state index contributed by atoms with van der Waals surface area (Å²) in [6.45, 7) is 5.37. The molecule has 0 atom stereocenters. The lowest BCUT2D eigenvalue weighted by Gasteiger charge is -2.17. The third-order valence-electron chi connectivity index (χ3n) is 2.64. The monoisotopic (exact) mass is 248 g/mol. The molecular formula is C14H16O4. The van der Waals surface area contributed by atoms with Gasteiger partial charge >= 0.3 is 5.97 Å². The van der Waals surface area contributed by atoms with Crippen LogP contribution >= 0.6 is 0 Å². The van der Waals surface area contributed by atoms with Crippen LogP contribution in [0.5, 0.6) is 0 Å². The predicted octanol–water partition coefficient (Wildman–Crippen LogP) is 2.11. The van der Waals surface area contributed by atoms with Crippen LogP contribution in [-0.4, -0.2) is 22.6 Å². The first-order chi connectivity index (χ1) is 8.23. The summed E-state index contributed by atoms with van der Waals surface area (Å²) in [5.74, 6) is -2.52. The second-order valence-corrected chi connectivity index (χ2v) is 5.14. The van der Waals surface area contributed by atoms with Gasteiger partial charge in [0, 0.05) is 17.4 Å². The highest BCUT2D eigenvalue weighted by atomic mass is 16.4. The van der Waals surface area contributed by atoms with Gasteiger partial charge in [0.1, 0.15) is 5.78 Å². The Bertz CT molecular complexity index is 495. The molecule has 0 aromatic heterocycles. The topological polar surface area (TPSA) is 71.4 Å². The molecule has 1 aromatic carbocycles. The zero-order valence-electron chi connectivity index (χ0n) is 10.7. The molecule has 0 aliphatic rings. The molecule has 96 valence electrons. The summed E-state index contributed by atoms with van der Waals surface area (Å²) in [5, 5.41) is 8.72. The fraction of sp³-hybridized carbons (Fsp3) is 0.357. The van der Waals surface area contributed by atoms with Gasteiger partial charge < -0.3 is 5.11 Å². The van der Waals surface area contributed by atoms with Crippen molar-refractivity contribution < 1.29 is 19.5 Å². The number of carboxylic acid groups (broad SMARTS) is 1. The number of carbonyl (C=O) groups excluding carboxylic acids is 2. The molecule has 0 spiro atoms. The van der Waals surface area contributed by atoms with E-state index in [-0.39, 0.29) is 17.8 Å². The van der Waals surface area contributed by atoms with Gasteiger partial charge in [-0.25, -0.2) is 4.79 Å². The van der Waals surface area contributed by atoms with E-state index >= 15 is 0 Å². The Labute approximate surface area is 106 Å². The van der Waals surface area contributed by atoms with E-state index in [4.69, 9.17) is 5.11 Å². The molecule has 0 saturated carbocycles. The summed E-state index contributed by atoms with van der Waals surface area (Å²) in [6, 6.07) is 6.31. The first-order valence-corrected chi connectivity index (χ1v) is 5.62. The summed E-state index contributed by atoms with van der Waals surface area (Å²) in [5.41, 5.74) is 0.0340. The first kappa shape index (κ1) is 14.1. The van der Waals surface area contributed by atoms with Gasteiger partial charge in [-0.2, -0.15) is 0 Å². The van der Waals surface area contributed by atoms with Gasteiger partial charge in [-0.1, -0.05) is 45.0 Å². The van der Waals surface area contributed by atoms with Crippen molar-refractivity contribution in [1.29, 1.82) is 0 Å². The van der Waals surface area contributed by atoms with Gasteiger partial charge in [-0.05, 0) is 5.56 Å². The number of benzene rings is 1. The molecule has 1 rings (SSSR count). The maximum absolute atomic E-state index is 11.9. The number of carboxylic acids is 1. The Hall–Kier alpha value is -1.97. The van der Waals surface area contributed by atoms with Crippen molar-refractivity contribution in [2.75, 3.05) is 0 Å². The number of rotatable bonds is 4. The van der Waals surface area contributed by atoms with Crippen LogP contribution in [0.15, 0.2) is 24.3 Å². The molecule has 0 heterocycles. The van der Waals surface area contributed by atoms with Crippen molar-refractivity contribution in [1.82, 2.24) is 0 Å².